The number of fused-ring (bicyclic) bond motifs is 2. The molecular formula is C18H19N5O4. The number of aromatic amines is 1. The number of nitrogens with zero attached hydrogens (tertiary/aromatic N) is 4. The lowest BCUT2D eigenvalue weighted by Crippen LogP contribution is -2.29. The molecule has 3 rings (SSSR count). The maximum Gasteiger partial charge on any atom is 0.349 e. The van der Waals surface area contributed by atoms with E-state index in [0.29, 0.717) is 18.5 Å². The SMILES string of the molecule is Cc1ccc2nc3c(=O)[nH]c(=O)nc-3n(CCCCCCC(=O)N=O)c2c1. The number of benzene rings is 1. The minimum Gasteiger partial charge on any atom is -0.322 e. The number of rotatable bonds is 7. The topological polar surface area (TPSA) is 127 Å². The van der Waals surface area contributed by atoms with Crippen molar-refractivity contribution in [3.8, 4) is 11.5 Å². The zero-order valence-corrected chi connectivity index (χ0v) is 14.9. The van der Waals surface area contributed by atoms with Crippen molar-refractivity contribution in [1.29, 1.82) is 0 Å². The van der Waals surface area contributed by atoms with E-state index in [4.69, 9.17) is 0 Å². The third-order valence-electron chi connectivity index (χ3n) is 4.39. The summed E-state index contributed by atoms with van der Waals surface area (Å²) in [4.78, 5) is 55.3. The van der Waals surface area contributed by atoms with Crippen LogP contribution in [-0.4, -0.2) is 25.4 Å². The van der Waals surface area contributed by atoms with Crippen LogP contribution in [0.2, 0.25) is 0 Å². The van der Waals surface area contributed by atoms with Gasteiger partial charge in [0.05, 0.1) is 11.0 Å². The first-order valence-corrected chi connectivity index (χ1v) is 8.77. The van der Waals surface area contributed by atoms with Crippen LogP contribution in [-0.2, 0) is 11.3 Å². The summed E-state index contributed by atoms with van der Waals surface area (Å²) in [6.45, 7) is 2.51. The van der Waals surface area contributed by atoms with Crippen molar-refractivity contribution in [3.63, 3.8) is 0 Å². The Morgan fingerprint density at radius 2 is 1.93 bits per heavy atom. The van der Waals surface area contributed by atoms with Crippen LogP contribution in [0.15, 0.2) is 33.0 Å². The monoisotopic (exact) mass is 369 g/mol. The normalized spacial score (nSPS) is 11.1. The molecule has 2 aliphatic heterocycles. The number of aryl methyl sites for hydroxylation is 2. The number of hydrogen-bond acceptors (Lipinski definition) is 6. The third kappa shape index (κ3) is 4.13. The van der Waals surface area contributed by atoms with E-state index in [1.807, 2.05) is 29.7 Å². The number of nitrogens with one attached hydrogen (secondary N) is 1. The Morgan fingerprint density at radius 3 is 2.70 bits per heavy atom. The lowest BCUT2D eigenvalue weighted by Gasteiger charge is -2.17. The molecule has 0 fully saturated rings. The van der Waals surface area contributed by atoms with Gasteiger partial charge >= 0.3 is 5.69 Å². The van der Waals surface area contributed by atoms with Crippen molar-refractivity contribution in [2.45, 2.75) is 45.6 Å². The maximum atomic E-state index is 12.1. The van der Waals surface area contributed by atoms with Crippen LogP contribution in [0.3, 0.4) is 0 Å². The van der Waals surface area contributed by atoms with E-state index in [0.717, 1.165) is 30.3 Å². The molecule has 0 aromatic heterocycles. The van der Waals surface area contributed by atoms with Gasteiger partial charge in [-0.2, -0.15) is 4.98 Å². The van der Waals surface area contributed by atoms with Crippen molar-refractivity contribution in [2.75, 3.05) is 0 Å². The number of unbranched alkanes of at least 4 members (excludes halogenated alkanes) is 3. The van der Waals surface area contributed by atoms with Gasteiger partial charge in [0.2, 0.25) is 0 Å². The van der Waals surface area contributed by atoms with Crippen LogP contribution in [0, 0.1) is 11.8 Å². The highest BCUT2D eigenvalue weighted by Crippen LogP contribution is 2.22. The molecule has 1 aromatic rings. The minimum atomic E-state index is -0.699. The second-order valence-corrected chi connectivity index (χ2v) is 6.45. The Labute approximate surface area is 153 Å². The van der Waals surface area contributed by atoms with Gasteiger partial charge in [0, 0.05) is 18.1 Å². The summed E-state index contributed by atoms with van der Waals surface area (Å²) in [7, 11) is 0. The quantitative estimate of drug-likeness (QED) is 0.386. The molecule has 0 saturated heterocycles. The van der Waals surface area contributed by atoms with Crippen LogP contribution < -0.4 is 11.2 Å². The average Bonchev–Trinajstić information content (AvgIpc) is 2.64. The zero-order chi connectivity index (χ0) is 19.4. The second-order valence-electron chi connectivity index (χ2n) is 6.45. The molecule has 1 aromatic carbocycles. The van der Waals surface area contributed by atoms with Crippen LogP contribution in [0.5, 0.6) is 0 Å². The standard InChI is InChI=1S/C18H19N5O4/c1-11-7-8-12-13(10-11)23(9-5-3-2-4-6-14(24)22-27)16-15(19-12)17(25)21-18(26)20-16/h7-8,10H,2-6,9H2,1H3,(H,21,25,26). The Hall–Kier alpha value is -3.23. The third-order valence-corrected chi connectivity index (χ3v) is 4.39. The van der Waals surface area contributed by atoms with Crippen LogP contribution in [0.4, 0.5) is 0 Å². The van der Waals surface area contributed by atoms with Crippen LogP contribution in [0.1, 0.15) is 37.7 Å². The molecule has 0 bridgehead atoms. The van der Waals surface area contributed by atoms with Gasteiger partial charge in [0.1, 0.15) is 0 Å². The van der Waals surface area contributed by atoms with E-state index >= 15 is 0 Å². The molecule has 0 atom stereocenters. The van der Waals surface area contributed by atoms with Gasteiger partial charge < -0.3 is 4.57 Å². The molecule has 9 heteroatoms. The zero-order valence-electron chi connectivity index (χ0n) is 14.9. The van der Waals surface area contributed by atoms with E-state index in [1.54, 1.807) is 0 Å². The van der Waals surface area contributed by atoms with Gasteiger partial charge in [-0.05, 0) is 37.5 Å². The van der Waals surface area contributed by atoms with E-state index in [9.17, 15) is 19.3 Å². The summed E-state index contributed by atoms with van der Waals surface area (Å²) in [6.07, 6.45) is 3.13. The number of nitroso groups, excluding NO2 is 1. The van der Waals surface area contributed by atoms with Gasteiger partial charge in [0.25, 0.3) is 11.5 Å². The predicted octanol–water partition coefficient (Wildman–Crippen LogP) is 2.14. The molecule has 2 heterocycles. The lowest BCUT2D eigenvalue weighted by atomic mass is 10.1. The first-order chi connectivity index (χ1) is 13.0. The second kappa shape index (κ2) is 7.98. The Morgan fingerprint density at radius 1 is 1.15 bits per heavy atom. The fourth-order valence-corrected chi connectivity index (χ4v) is 3.07. The Bertz CT molecular complexity index is 1090. The highest BCUT2D eigenvalue weighted by atomic mass is 16.3. The van der Waals surface area contributed by atoms with E-state index in [1.165, 1.54) is 0 Å². The molecule has 0 spiro atoms. The van der Waals surface area contributed by atoms with Crippen molar-refractivity contribution in [1.82, 2.24) is 19.5 Å². The van der Waals surface area contributed by atoms with Crippen molar-refractivity contribution in [2.24, 2.45) is 5.18 Å². The summed E-state index contributed by atoms with van der Waals surface area (Å²) in [5.74, 6) is -0.362. The number of carbonyl (C=O) groups excluding carboxylic acids is 1. The number of hydrogen-bond donors (Lipinski definition) is 1. The smallest absolute Gasteiger partial charge is 0.322 e. The van der Waals surface area contributed by atoms with Gasteiger partial charge in [-0.3, -0.25) is 14.6 Å². The van der Waals surface area contributed by atoms with Gasteiger partial charge in [-0.25, -0.2) is 9.78 Å². The van der Waals surface area contributed by atoms with E-state index < -0.39 is 17.2 Å². The average molecular weight is 369 g/mol. The summed E-state index contributed by atoms with van der Waals surface area (Å²) < 4.78 is 1.85. The maximum absolute atomic E-state index is 12.1. The number of H-pyrrole nitrogens is 1. The van der Waals surface area contributed by atoms with E-state index in [2.05, 4.69) is 20.1 Å². The molecule has 1 amide bonds. The molecular weight excluding hydrogens is 350 g/mol. The molecule has 0 aliphatic carbocycles. The molecule has 2 aliphatic rings. The fraction of sp³-hybridized carbons (Fsp3) is 0.389. The molecule has 0 saturated carbocycles. The largest absolute Gasteiger partial charge is 0.349 e. The molecule has 9 nitrogen and oxygen atoms in total. The van der Waals surface area contributed by atoms with Crippen molar-refractivity contribution in [3.05, 3.63) is 49.5 Å². The van der Waals surface area contributed by atoms with Crippen molar-refractivity contribution >= 4 is 16.9 Å². The highest BCUT2D eigenvalue weighted by molar-refractivity contribution is 5.80. The molecule has 0 unspecified atom stereocenters. The highest BCUT2D eigenvalue weighted by Gasteiger charge is 2.18. The fourth-order valence-electron chi connectivity index (χ4n) is 3.07. The van der Waals surface area contributed by atoms with E-state index in [-0.39, 0.29) is 17.9 Å². The first kappa shape index (κ1) is 18.6. The van der Waals surface area contributed by atoms with Gasteiger partial charge in [-0.15, -0.1) is 4.91 Å². The number of aromatic nitrogens is 4. The molecule has 27 heavy (non-hydrogen) atoms. The van der Waals surface area contributed by atoms with Crippen LogP contribution in [0.25, 0.3) is 22.6 Å². The number of amides is 1. The van der Waals surface area contributed by atoms with Gasteiger partial charge in [-0.1, -0.05) is 18.9 Å². The van der Waals surface area contributed by atoms with Crippen LogP contribution >= 0.6 is 0 Å². The van der Waals surface area contributed by atoms with Crippen molar-refractivity contribution < 1.29 is 4.79 Å². The number of carbonyl (C=O) groups is 1. The first-order valence-electron chi connectivity index (χ1n) is 8.77. The Kier molecular flexibility index (Phi) is 5.49. The van der Waals surface area contributed by atoms with Gasteiger partial charge in [0.15, 0.2) is 11.5 Å². The summed E-state index contributed by atoms with van der Waals surface area (Å²) in [5, 5.41) is 2.38. The molecule has 140 valence electrons. The molecule has 1 N–H and O–H groups in total. The summed E-state index contributed by atoms with van der Waals surface area (Å²) >= 11 is 0. The Balaban J connectivity index is 1.88. The summed E-state index contributed by atoms with van der Waals surface area (Å²) in [6, 6.07) is 5.69. The minimum absolute atomic E-state index is 0.133. The summed E-state index contributed by atoms with van der Waals surface area (Å²) in [5.41, 5.74) is 1.37. The molecule has 0 radical (unpaired) electrons. The lowest BCUT2D eigenvalue weighted by molar-refractivity contribution is -0.118. The predicted molar refractivity (Wildman–Crippen MR) is 99.7 cm³/mol.